The maximum atomic E-state index is 13.7. The SMILES string of the molecule is Cc1cc(C(N)C2C3CCCC32)c(F)cc1F. The number of rotatable bonds is 2. The molecule has 2 aliphatic rings. The van der Waals surface area contributed by atoms with Crippen molar-refractivity contribution in [3.8, 4) is 0 Å². The number of nitrogens with two attached hydrogens (primary N) is 1. The summed E-state index contributed by atoms with van der Waals surface area (Å²) in [5.74, 6) is 0.813. The predicted molar refractivity (Wildman–Crippen MR) is 62.3 cm³/mol. The van der Waals surface area contributed by atoms with Gasteiger partial charge in [-0.3, -0.25) is 0 Å². The van der Waals surface area contributed by atoms with E-state index in [2.05, 4.69) is 0 Å². The standard InChI is InChI=1S/C14H17F2N/c1-7-5-10(12(16)6-11(7)15)14(17)13-8-3-2-4-9(8)13/h5-6,8-9,13-14H,2-4,17H2,1H3. The van der Waals surface area contributed by atoms with Crippen LogP contribution in [0.25, 0.3) is 0 Å². The number of hydrogen-bond acceptors (Lipinski definition) is 1. The molecule has 3 rings (SSSR count). The summed E-state index contributed by atoms with van der Waals surface area (Å²) in [7, 11) is 0. The highest BCUT2D eigenvalue weighted by atomic mass is 19.1. The molecular formula is C14H17F2N. The van der Waals surface area contributed by atoms with E-state index in [4.69, 9.17) is 5.73 Å². The normalized spacial score (nSPS) is 32.4. The lowest BCUT2D eigenvalue weighted by molar-refractivity contribution is 0.475. The lowest BCUT2D eigenvalue weighted by Crippen LogP contribution is -2.17. The van der Waals surface area contributed by atoms with Crippen LogP contribution in [0.3, 0.4) is 0 Å². The average Bonchev–Trinajstić information content (AvgIpc) is 2.76. The molecule has 0 aromatic heterocycles. The van der Waals surface area contributed by atoms with Crippen LogP contribution >= 0.6 is 0 Å². The maximum Gasteiger partial charge on any atom is 0.130 e. The van der Waals surface area contributed by atoms with E-state index in [0.29, 0.717) is 28.9 Å². The highest BCUT2D eigenvalue weighted by Gasteiger charge is 2.55. The van der Waals surface area contributed by atoms with Gasteiger partial charge in [-0.2, -0.15) is 0 Å². The molecule has 3 unspecified atom stereocenters. The number of aryl methyl sites for hydroxylation is 1. The van der Waals surface area contributed by atoms with Gasteiger partial charge in [0, 0.05) is 17.7 Å². The Balaban J connectivity index is 1.87. The first-order chi connectivity index (χ1) is 8.09. The number of fused-ring (bicyclic) bond motifs is 1. The van der Waals surface area contributed by atoms with E-state index >= 15 is 0 Å². The monoisotopic (exact) mass is 237 g/mol. The summed E-state index contributed by atoms with van der Waals surface area (Å²) in [6, 6.07) is 2.27. The summed E-state index contributed by atoms with van der Waals surface area (Å²) >= 11 is 0. The average molecular weight is 237 g/mol. The molecule has 2 aliphatic carbocycles. The second kappa shape index (κ2) is 3.77. The molecule has 92 valence electrons. The van der Waals surface area contributed by atoms with Gasteiger partial charge in [-0.25, -0.2) is 8.78 Å². The lowest BCUT2D eigenvalue weighted by atomic mass is 9.96. The summed E-state index contributed by atoms with van der Waals surface area (Å²) < 4.78 is 26.9. The zero-order chi connectivity index (χ0) is 12.2. The second-order valence-corrected chi connectivity index (χ2v) is 5.48. The van der Waals surface area contributed by atoms with Gasteiger partial charge < -0.3 is 5.73 Å². The Bertz CT molecular complexity index is 448. The van der Waals surface area contributed by atoms with E-state index in [-0.39, 0.29) is 6.04 Å². The van der Waals surface area contributed by atoms with Crippen molar-refractivity contribution in [2.75, 3.05) is 0 Å². The van der Waals surface area contributed by atoms with Crippen molar-refractivity contribution in [2.45, 2.75) is 32.2 Å². The molecule has 2 fully saturated rings. The molecule has 0 saturated heterocycles. The number of hydrogen-bond donors (Lipinski definition) is 1. The molecule has 17 heavy (non-hydrogen) atoms. The smallest absolute Gasteiger partial charge is 0.130 e. The third-order valence-electron chi connectivity index (χ3n) is 4.52. The quantitative estimate of drug-likeness (QED) is 0.839. The summed E-state index contributed by atoms with van der Waals surface area (Å²) in [5.41, 5.74) is 7.11. The van der Waals surface area contributed by atoms with Gasteiger partial charge in [-0.1, -0.05) is 6.42 Å². The summed E-state index contributed by atoms with van der Waals surface area (Å²) in [6.45, 7) is 1.65. The highest BCUT2D eigenvalue weighted by molar-refractivity contribution is 5.30. The fourth-order valence-corrected chi connectivity index (χ4v) is 3.55. The van der Waals surface area contributed by atoms with Crippen molar-refractivity contribution in [1.29, 1.82) is 0 Å². The zero-order valence-corrected chi connectivity index (χ0v) is 9.92. The van der Waals surface area contributed by atoms with E-state index in [1.54, 1.807) is 13.0 Å². The number of benzene rings is 1. The van der Waals surface area contributed by atoms with Crippen molar-refractivity contribution >= 4 is 0 Å². The molecule has 1 nitrogen and oxygen atoms in total. The van der Waals surface area contributed by atoms with Crippen LogP contribution in [0.1, 0.15) is 36.4 Å². The molecular weight excluding hydrogens is 220 g/mol. The Morgan fingerprint density at radius 1 is 1.18 bits per heavy atom. The molecule has 1 aromatic carbocycles. The zero-order valence-electron chi connectivity index (χ0n) is 9.92. The molecule has 0 spiro atoms. The molecule has 2 saturated carbocycles. The minimum Gasteiger partial charge on any atom is -0.324 e. The highest BCUT2D eigenvalue weighted by Crippen LogP contribution is 2.61. The Labute approximate surface area is 100 Å². The lowest BCUT2D eigenvalue weighted by Gasteiger charge is -2.16. The van der Waals surface area contributed by atoms with Crippen LogP contribution in [-0.2, 0) is 0 Å². The van der Waals surface area contributed by atoms with Crippen LogP contribution in [0.2, 0.25) is 0 Å². The molecule has 0 bridgehead atoms. The fourth-order valence-electron chi connectivity index (χ4n) is 3.55. The van der Waals surface area contributed by atoms with Crippen molar-refractivity contribution < 1.29 is 8.78 Å². The molecule has 0 amide bonds. The van der Waals surface area contributed by atoms with E-state index in [0.717, 1.165) is 6.07 Å². The molecule has 0 radical (unpaired) electrons. The van der Waals surface area contributed by atoms with Gasteiger partial charge in [-0.15, -0.1) is 0 Å². The third-order valence-corrected chi connectivity index (χ3v) is 4.52. The molecule has 3 heteroatoms. The van der Waals surface area contributed by atoms with Crippen LogP contribution in [0.5, 0.6) is 0 Å². The van der Waals surface area contributed by atoms with Gasteiger partial charge in [0.05, 0.1) is 0 Å². The van der Waals surface area contributed by atoms with Crippen molar-refractivity contribution in [3.63, 3.8) is 0 Å². The fraction of sp³-hybridized carbons (Fsp3) is 0.571. The van der Waals surface area contributed by atoms with Crippen LogP contribution in [0.4, 0.5) is 8.78 Å². The van der Waals surface area contributed by atoms with Crippen molar-refractivity contribution in [1.82, 2.24) is 0 Å². The van der Waals surface area contributed by atoms with Crippen molar-refractivity contribution in [3.05, 3.63) is 34.9 Å². The van der Waals surface area contributed by atoms with Gasteiger partial charge in [0.25, 0.3) is 0 Å². The minimum atomic E-state index is -0.495. The van der Waals surface area contributed by atoms with Crippen LogP contribution in [0, 0.1) is 36.3 Å². The number of halogens is 2. The first-order valence-corrected chi connectivity index (χ1v) is 6.30. The Hall–Kier alpha value is -0.960. The second-order valence-electron chi connectivity index (χ2n) is 5.48. The van der Waals surface area contributed by atoms with E-state index in [1.807, 2.05) is 0 Å². The molecule has 1 aromatic rings. The van der Waals surface area contributed by atoms with E-state index in [9.17, 15) is 8.78 Å². The maximum absolute atomic E-state index is 13.7. The topological polar surface area (TPSA) is 26.0 Å². The van der Waals surface area contributed by atoms with E-state index in [1.165, 1.54) is 19.3 Å². The molecule has 3 atom stereocenters. The van der Waals surface area contributed by atoms with Crippen LogP contribution in [-0.4, -0.2) is 0 Å². The first-order valence-electron chi connectivity index (χ1n) is 6.30. The molecule has 0 heterocycles. The Morgan fingerprint density at radius 3 is 2.47 bits per heavy atom. The summed E-state index contributed by atoms with van der Waals surface area (Å²) in [5, 5.41) is 0. The Kier molecular flexibility index (Phi) is 2.47. The third kappa shape index (κ3) is 1.68. The van der Waals surface area contributed by atoms with Crippen LogP contribution < -0.4 is 5.73 Å². The van der Waals surface area contributed by atoms with Gasteiger partial charge in [0.15, 0.2) is 0 Å². The van der Waals surface area contributed by atoms with Crippen LogP contribution in [0.15, 0.2) is 12.1 Å². The molecule has 0 aliphatic heterocycles. The summed E-state index contributed by atoms with van der Waals surface area (Å²) in [4.78, 5) is 0. The van der Waals surface area contributed by atoms with Gasteiger partial charge in [0.1, 0.15) is 11.6 Å². The van der Waals surface area contributed by atoms with Crippen molar-refractivity contribution in [2.24, 2.45) is 23.5 Å². The van der Waals surface area contributed by atoms with Gasteiger partial charge in [-0.05, 0) is 49.1 Å². The van der Waals surface area contributed by atoms with Gasteiger partial charge in [0.2, 0.25) is 0 Å². The Morgan fingerprint density at radius 2 is 1.82 bits per heavy atom. The van der Waals surface area contributed by atoms with E-state index < -0.39 is 11.6 Å². The first kappa shape index (κ1) is 11.1. The predicted octanol–water partition coefficient (Wildman–Crippen LogP) is 3.32. The van der Waals surface area contributed by atoms with Gasteiger partial charge >= 0.3 is 0 Å². The largest absolute Gasteiger partial charge is 0.324 e. The summed E-state index contributed by atoms with van der Waals surface area (Å²) in [6.07, 6.45) is 3.74. The molecule has 2 N–H and O–H groups in total. The minimum absolute atomic E-state index is 0.260.